The van der Waals surface area contributed by atoms with Gasteiger partial charge in [-0.1, -0.05) is 73.3 Å². The summed E-state index contributed by atoms with van der Waals surface area (Å²) in [5.41, 5.74) is 7.86. The van der Waals surface area contributed by atoms with E-state index in [0.29, 0.717) is 5.95 Å². The van der Waals surface area contributed by atoms with Crippen molar-refractivity contribution >= 4 is 60.9 Å². The molecule has 4 heterocycles. The summed E-state index contributed by atoms with van der Waals surface area (Å²) >= 11 is 1.81. The number of hydrogen-bond donors (Lipinski definition) is 0. The fourth-order valence-electron chi connectivity index (χ4n) is 6.01. The maximum Gasteiger partial charge on any atom is 0.235 e. The molecule has 3 aromatic heterocycles. The van der Waals surface area contributed by atoms with E-state index in [1.165, 1.54) is 42.6 Å². The first-order chi connectivity index (χ1) is 19.7. The molecular weight excluding hydrogens is 508 g/mol. The minimum absolute atomic E-state index is 0.700. The monoisotopic (exact) mass is 534 g/mol. The second-order valence-electron chi connectivity index (χ2n) is 10.2. The largest absolute Gasteiger partial charge is 0.309 e. The molecule has 0 N–H and O–H groups in total. The van der Waals surface area contributed by atoms with E-state index >= 15 is 0 Å². The average Bonchev–Trinajstić information content (AvgIpc) is 3.57. The van der Waals surface area contributed by atoms with E-state index in [1.807, 2.05) is 11.8 Å². The number of rotatable bonds is 4. The molecule has 1 aliphatic heterocycles. The molecule has 0 saturated carbocycles. The van der Waals surface area contributed by atoms with Crippen LogP contribution in [0.4, 0.5) is 0 Å². The number of hydrogen-bond acceptors (Lipinski definition) is 3. The zero-order valence-electron chi connectivity index (χ0n) is 22.3. The van der Waals surface area contributed by atoms with Gasteiger partial charge in [0.1, 0.15) is 0 Å². The van der Waals surface area contributed by atoms with E-state index in [0.717, 1.165) is 34.2 Å². The number of para-hydroxylation sites is 2. The van der Waals surface area contributed by atoms with Crippen LogP contribution in [0, 0.1) is 0 Å². The van der Waals surface area contributed by atoms with Crippen LogP contribution in [0.2, 0.25) is 0 Å². The molecule has 192 valence electrons. The van der Waals surface area contributed by atoms with E-state index in [4.69, 9.17) is 9.97 Å². The molecule has 0 atom stereocenters. The fraction of sp³-hybridized carbons (Fsp3) is 0.0857. The molecule has 0 amide bonds. The Morgan fingerprint density at radius 3 is 2.42 bits per heavy atom. The molecule has 0 aliphatic carbocycles. The molecule has 5 heteroatoms. The Labute approximate surface area is 236 Å². The third-order valence-corrected chi connectivity index (χ3v) is 9.08. The zero-order valence-corrected chi connectivity index (χ0v) is 23.1. The number of thioether (sulfide) groups is 1. The van der Waals surface area contributed by atoms with Crippen LogP contribution >= 0.6 is 11.8 Å². The molecule has 8 rings (SSSR count). The first-order valence-electron chi connectivity index (χ1n) is 13.7. The van der Waals surface area contributed by atoms with Gasteiger partial charge in [-0.2, -0.15) is 0 Å². The van der Waals surface area contributed by atoms with Crippen molar-refractivity contribution in [1.82, 2.24) is 19.1 Å². The normalized spacial score (nSPS) is 13.6. The first-order valence-corrected chi connectivity index (χ1v) is 14.5. The molecule has 1 aliphatic rings. The number of fused-ring (bicyclic) bond motifs is 5. The third kappa shape index (κ3) is 3.34. The summed E-state index contributed by atoms with van der Waals surface area (Å²) in [6.45, 7) is 4.35. The third-order valence-electron chi connectivity index (χ3n) is 7.86. The quantitative estimate of drug-likeness (QED) is 0.226. The van der Waals surface area contributed by atoms with Crippen molar-refractivity contribution in [3.05, 3.63) is 120 Å². The molecule has 0 bridgehead atoms. The molecule has 0 radical (unpaired) electrons. The van der Waals surface area contributed by atoms with Crippen molar-refractivity contribution in [2.45, 2.75) is 25.2 Å². The molecule has 4 aromatic carbocycles. The standard InChI is InChI=1S/C35H26N4S/c1-3-4-16-30-22(2)34-33-26(14-10-17-31(33)40-30)36-35(37-34)38-21-20-25-27(38)18-19-29-32(25)24-13-8-9-15-28(24)39(29)23-11-6-5-7-12-23/h4-21H,3H2,1-2H3/b16-4-. The van der Waals surface area contributed by atoms with Gasteiger partial charge in [-0.25, -0.2) is 9.97 Å². The summed E-state index contributed by atoms with van der Waals surface area (Å²) in [6, 6.07) is 32.3. The summed E-state index contributed by atoms with van der Waals surface area (Å²) in [4.78, 5) is 12.7. The van der Waals surface area contributed by atoms with Crippen molar-refractivity contribution in [3.63, 3.8) is 0 Å². The van der Waals surface area contributed by atoms with Gasteiger partial charge >= 0.3 is 0 Å². The number of nitrogens with zero attached hydrogens (tertiary/aromatic N) is 4. The summed E-state index contributed by atoms with van der Waals surface area (Å²) < 4.78 is 4.50. The number of benzene rings is 4. The predicted octanol–water partition coefficient (Wildman–Crippen LogP) is 9.47. The molecule has 0 saturated heterocycles. The fourth-order valence-corrected chi connectivity index (χ4v) is 7.11. The SMILES string of the molecule is CC/C=C\C1=C(C)c2nc(-n3ccc4c5c6ccccc6n(-c6ccccc6)c5ccc43)nc3cccc(c23)S1. The molecular formula is C35H26N4S. The van der Waals surface area contributed by atoms with Gasteiger partial charge < -0.3 is 4.57 Å². The Balaban J connectivity index is 1.39. The predicted molar refractivity (Wildman–Crippen MR) is 169 cm³/mol. The zero-order chi connectivity index (χ0) is 26.8. The van der Waals surface area contributed by atoms with Gasteiger partial charge in [0, 0.05) is 43.2 Å². The van der Waals surface area contributed by atoms with Crippen LogP contribution < -0.4 is 0 Å². The minimum atomic E-state index is 0.700. The van der Waals surface area contributed by atoms with Crippen LogP contribution in [-0.4, -0.2) is 19.1 Å². The second kappa shape index (κ2) is 8.97. The molecule has 4 nitrogen and oxygen atoms in total. The average molecular weight is 535 g/mol. The Bertz CT molecular complexity index is 2180. The second-order valence-corrected chi connectivity index (χ2v) is 11.3. The van der Waals surface area contributed by atoms with Crippen molar-refractivity contribution in [2.75, 3.05) is 0 Å². The van der Waals surface area contributed by atoms with Crippen molar-refractivity contribution < 1.29 is 0 Å². The lowest BCUT2D eigenvalue weighted by Gasteiger charge is -2.20. The van der Waals surface area contributed by atoms with E-state index in [9.17, 15) is 0 Å². The van der Waals surface area contributed by atoms with Crippen LogP contribution in [0.1, 0.15) is 26.0 Å². The summed E-state index contributed by atoms with van der Waals surface area (Å²) in [7, 11) is 0. The molecule has 0 fully saturated rings. The van der Waals surface area contributed by atoms with Gasteiger partial charge in [-0.05, 0) is 67.4 Å². The van der Waals surface area contributed by atoms with Gasteiger partial charge in [0.15, 0.2) is 0 Å². The van der Waals surface area contributed by atoms with Crippen molar-refractivity contribution in [1.29, 1.82) is 0 Å². The minimum Gasteiger partial charge on any atom is -0.309 e. The lowest BCUT2D eigenvalue weighted by Crippen LogP contribution is -2.06. The summed E-state index contributed by atoms with van der Waals surface area (Å²) in [5.74, 6) is 0.700. The van der Waals surface area contributed by atoms with Crippen LogP contribution in [0.5, 0.6) is 0 Å². The van der Waals surface area contributed by atoms with Gasteiger partial charge in [-0.3, -0.25) is 4.57 Å². The highest BCUT2D eigenvalue weighted by atomic mass is 32.2. The van der Waals surface area contributed by atoms with E-state index in [1.54, 1.807) is 0 Å². The molecule has 7 aromatic rings. The Morgan fingerprint density at radius 2 is 1.55 bits per heavy atom. The van der Waals surface area contributed by atoms with E-state index in [2.05, 4.69) is 132 Å². The van der Waals surface area contributed by atoms with Gasteiger partial charge in [0.2, 0.25) is 5.95 Å². The lowest BCUT2D eigenvalue weighted by atomic mass is 10.1. The Hall–Kier alpha value is -4.61. The van der Waals surface area contributed by atoms with Gasteiger partial charge in [0.05, 0.1) is 27.8 Å². The van der Waals surface area contributed by atoms with Crippen LogP contribution in [0.15, 0.2) is 119 Å². The van der Waals surface area contributed by atoms with Crippen molar-refractivity contribution in [3.8, 4) is 11.6 Å². The van der Waals surface area contributed by atoms with Crippen molar-refractivity contribution in [2.24, 2.45) is 0 Å². The van der Waals surface area contributed by atoms with E-state index < -0.39 is 0 Å². The van der Waals surface area contributed by atoms with Gasteiger partial charge in [-0.15, -0.1) is 0 Å². The van der Waals surface area contributed by atoms with Crippen LogP contribution in [0.3, 0.4) is 0 Å². The number of allylic oxidation sites excluding steroid dienone is 3. The highest BCUT2D eigenvalue weighted by Gasteiger charge is 2.22. The maximum atomic E-state index is 5.20. The molecule has 0 unspecified atom stereocenters. The van der Waals surface area contributed by atoms with Crippen LogP contribution in [-0.2, 0) is 0 Å². The number of aromatic nitrogens is 4. The Kier molecular flexibility index (Phi) is 5.22. The smallest absolute Gasteiger partial charge is 0.235 e. The van der Waals surface area contributed by atoms with Crippen LogP contribution in [0.25, 0.3) is 60.8 Å². The summed E-state index contributed by atoms with van der Waals surface area (Å²) in [6.07, 6.45) is 7.57. The van der Waals surface area contributed by atoms with Gasteiger partial charge in [0.25, 0.3) is 0 Å². The first kappa shape index (κ1) is 23.3. The maximum absolute atomic E-state index is 5.20. The molecule has 0 spiro atoms. The highest BCUT2D eigenvalue weighted by molar-refractivity contribution is 8.03. The Morgan fingerprint density at radius 1 is 0.750 bits per heavy atom. The lowest BCUT2D eigenvalue weighted by molar-refractivity contribution is 0.971. The topological polar surface area (TPSA) is 35.6 Å². The van der Waals surface area contributed by atoms with E-state index in [-0.39, 0.29) is 0 Å². The highest BCUT2D eigenvalue weighted by Crippen LogP contribution is 2.45. The molecule has 40 heavy (non-hydrogen) atoms. The summed E-state index contributed by atoms with van der Waals surface area (Å²) in [5, 5.41) is 4.84.